The van der Waals surface area contributed by atoms with E-state index in [9.17, 15) is 0 Å². The van der Waals surface area contributed by atoms with Crippen molar-refractivity contribution in [2.75, 3.05) is 13.1 Å². The Kier molecular flexibility index (Phi) is 2.44. The van der Waals surface area contributed by atoms with Crippen LogP contribution in [0.3, 0.4) is 0 Å². The summed E-state index contributed by atoms with van der Waals surface area (Å²) in [6, 6.07) is 4.10. The van der Waals surface area contributed by atoms with Gasteiger partial charge in [-0.3, -0.25) is 0 Å². The fourth-order valence-corrected chi connectivity index (χ4v) is 2.35. The highest BCUT2D eigenvalue weighted by atomic mass is 32.1. The third-order valence-electron chi connectivity index (χ3n) is 2.10. The molecule has 0 spiro atoms. The van der Waals surface area contributed by atoms with Crippen LogP contribution in [-0.4, -0.2) is 13.1 Å². The van der Waals surface area contributed by atoms with E-state index in [1.54, 1.807) is 11.3 Å². The molecule has 0 atom stereocenters. The maximum Gasteiger partial charge on any atom is 0.101 e. The lowest BCUT2D eigenvalue weighted by Crippen LogP contribution is -2.21. The first-order chi connectivity index (χ1) is 6.42. The van der Waals surface area contributed by atoms with Gasteiger partial charge in [-0.1, -0.05) is 6.08 Å². The van der Waals surface area contributed by atoms with Gasteiger partial charge < -0.3 is 5.32 Å². The van der Waals surface area contributed by atoms with E-state index in [1.807, 2.05) is 11.4 Å². The molecule has 0 unspecified atom stereocenters. The van der Waals surface area contributed by atoms with Crippen LogP contribution in [0, 0.1) is 11.3 Å². The molecule has 3 heteroatoms. The lowest BCUT2D eigenvalue weighted by Gasteiger charge is -2.12. The van der Waals surface area contributed by atoms with Crippen molar-refractivity contribution in [2.24, 2.45) is 0 Å². The van der Waals surface area contributed by atoms with Gasteiger partial charge in [-0.15, -0.1) is 11.3 Å². The molecule has 13 heavy (non-hydrogen) atoms. The Morgan fingerprint density at radius 2 is 2.46 bits per heavy atom. The van der Waals surface area contributed by atoms with Crippen molar-refractivity contribution in [3.63, 3.8) is 0 Å². The molecule has 0 aromatic carbocycles. The van der Waals surface area contributed by atoms with Crippen molar-refractivity contribution < 1.29 is 0 Å². The summed E-state index contributed by atoms with van der Waals surface area (Å²) < 4.78 is 0. The van der Waals surface area contributed by atoms with Crippen molar-refractivity contribution >= 4 is 16.9 Å². The molecule has 0 aliphatic carbocycles. The highest BCUT2D eigenvalue weighted by Gasteiger charge is 2.10. The Labute approximate surface area is 81.5 Å². The van der Waals surface area contributed by atoms with E-state index >= 15 is 0 Å². The topological polar surface area (TPSA) is 35.8 Å². The predicted molar refractivity (Wildman–Crippen MR) is 54.5 cm³/mol. The lowest BCUT2D eigenvalue weighted by atomic mass is 10.1. The number of nitrogens with one attached hydrogen (secondary N) is 1. The second kappa shape index (κ2) is 3.73. The number of thiophene rings is 1. The lowest BCUT2D eigenvalue weighted by molar-refractivity contribution is 0.740. The monoisotopic (exact) mass is 190 g/mol. The Morgan fingerprint density at radius 3 is 3.15 bits per heavy atom. The van der Waals surface area contributed by atoms with Gasteiger partial charge in [0.15, 0.2) is 0 Å². The van der Waals surface area contributed by atoms with Gasteiger partial charge in [0, 0.05) is 11.4 Å². The zero-order valence-corrected chi connectivity index (χ0v) is 8.03. The Morgan fingerprint density at radius 1 is 1.54 bits per heavy atom. The summed E-state index contributed by atoms with van der Waals surface area (Å²) in [6.07, 6.45) is 3.29. The molecule has 1 aromatic rings. The first-order valence-corrected chi connectivity index (χ1v) is 5.17. The van der Waals surface area contributed by atoms with Crippen LogP contribution in [0.25, 0.3) is 5.57 Å². The van der Waals surface area contributed by atoms with Crippen LogP contribution in [0.15, 0.2) is 17.5 Å². The molecule has 1 aromatic heterocycles. The SMILES string of the molecule is N#Cc1ccsc1C1=CCCNC1. The Hall–Kier alpha value is -1.11. The van der Waals surface area contributed by atoms with Gasteiger partial charge >= 0.3 is 0 Å². The third-order valence-corrected chi connectivity index (χ3v) is 3.09. The predicted octanol–water partition coefficient (Wildman–Crippen LogP) is 2.00. The van der Waals surface area contributed by atoms with Crippen LogP contribution >= 0.6 is 11.3 Å². The standard InChI is InChI=1S/C10H10N2S/c11-6-8-3-5-13-10(8)9-2-1-4-12-7-9/h2-3,5,12H,1,4,7H2. The summed E-state index contributed by atoms with van der Waals surface area (Å²) in [6.45, 7) is 1.95. The van der Waals surface area contributed by atoms with Crippen LogP contribution in [-0.2, 0) is 0 Å². The summed E-state index contributed by atoms with van der Waals surface area (Å²) in [5.74, 6) is 0. The molecule has 2 nitrogen and oxygen atoms in total. The van der Waals surface area contributed by atoms with E-state index in [2.05, 4.69) is 17.5 Å². The minimum absolute atomic E-state index is 0.806. The van der Waals surface area contributed by atoms with Crippen LogP contribution < -0.4 is 5.32 Å². The van der Waals surface area contributed by atoms with Gasteiger partial charge in [-0.25, -0.2) is 0 Å². The summed E-state index contributed by atoms with van der Waals surface area (Å²) in [5.41, 5.74) is 2.08. The number of hydrogen-bond donors (Lipinski definition) is 1. The van der Waals surface area contributed by atoms with Crippen molar-refractivity contribution in [3.8, 4) is 6.07 Å². The van der Waals surface area contributed by atoms with Crippen molar-refractivity contribution in [1.82, 2.24) is 5.32 Å². The maximum absolute atomic E-state index is 8.85. The zero-order chi connectivity index (χ0) is 9.10. The van der Waals surface area contributed by atoms with E-state index in [0.29, 0.717) is 0 Å². The Bertz CT molecular complexity index is 371. The molecule has 0 saturated carbocycles. The van der Waals surface area contributed by atoms with Crippen LogP contribution in [0.4, 0.5) is 0 Å². The molecule has 1 aliphatic rings. The zero-order valence-electron chi connectivity index (χ0n) is 7.21. The molecule has 0 bridgehead atoms. The number of rotatable bonds is 1. The Balaban J connectivity index is 2.34. The minimum Gasteiger partial charge on any atom is -0.312 e. The molecule has 0 fully saturated rings. The molecule has 2 rings (SSSR count). The van der Waals surface area contributed by atoms with E-state index in [4.69, 9.17) is 5.26 Å². The highest BCUT2D eigenvalue weighted by Crippen LogP contribution is 2.25. The average Bonchev–Trinajstić information content (AvgIpc) is 2.67. The molecule has 0 radical (unpaired) electrons. The van der Waals surface area contributed by atoms with Crippen molar-refractivity contribution in [2.45, 2.75) is 6.42 Å². The fourth-order valence-electron chi connectivity index (χ4n) is 1.46. The number of hydrogen-bond acceptors (Lipinski definition) is 3. The molecule has 0 saturated heterocycles. The van der Waals surface area contributed by atoms with Crippen molar-refractivity contribution in [3.05, 3.63) is 28.0 Å². The van der Waals surface area contributed by atoms with Crippen LogP contribution in [0.2, 0.25) is 0 Å². The number of nitrogens with zero attached hydrogens (tertiary/aromatic N) is 1. The molecular weight excluding hydrogens is 180 g/mol. The second-order valence-corrected chi connectivity index (χ2v) is 3.89. The fraction of sp³-hybridized carbons (Fsp3) is 0.300. The largest absolute Gasteiger partial charge is 0.312 e. The second-order valence-electron chi connectivity index (χ2n) is 2.97. The number of nitriles is 1. The van der Waals surface area contributed by atoms with Gasteiger partial charge in [0.1, 0.15) is 6.07 Å². The smallest absolute Gasteiger partial charge is 0.101 e. The van der Waals surface area contributed by atoms with Crippen LogP contribution in [0.1, 0.15) is 16.9 Å². The van der Waals surface area contributed by atoms with Crippen LogP contribution in [0.5, 0.6) is 0 Å². The molecule has 1 N–H and O–H groups in total. The van der Waals surface area contributed by atoms with Gasteiger partial charge in [0.05, 0.1) is 5.56 Å². The highest BCUT2D eigenvalue weighted by molar-refractivity contribution is 7.11. The van der Waals surface area contributed by atoms with Gasteiger partial charge in [0.25, 0.3) is 0 Å². The molecule has 2 heterocycles. The van der Waals surface area contributed by atoms with Gasteiger partial charge in [-0.2, -0.15) is 5.26 Å². The van der Waals surface area contributed by atoms with E-state index in [0.717, 1.165) is 30.0 Å². The summed E-state index contributed by atoms with van der Waals surface area (Å²) >= 11 is 1.65. The van der Waals surface area contributed by atoms with Crippen molar-refractivity contribution in [1.29, 1.82) is 5.26 Å². The normalized spacial score (nSPS) is 16.4. The van der Waals surface area contributed by atoms with E-state index in [1.165, 1.54) is 5.57 Å². The van der Waals surface area contributed by atoms with Gasteiger partial charge in [-0.05, 0) is 30.0 Å². The first kappa shape index (κ1) is 8.49. The average molecular weight is 190 g/mol. The molecule has 0 amide bonds. The summed E-state index contributed by atoms with van der Waals surface area (Å²) in [5, 5.41) is 14.1. The first-order valence-electron chi connectivity index (χ1n) is 4.29. The minimum atomic E-state index is 0.806. The quantitative estimate of drug-likeness (QED) is 0.735. The molecule has 1 aliphatic heterocycles. The van der Waals surface area contributed by atoms with Gasteiger partial charge in [0.2, 0.25) is 0 Å². The molecule has 66 valence electrons. The summed E-state index contributed by atoms with van der Waals surface area (Å²) in [4.78, 5) is 1.13. The molecular formula is C10H10N2S. The maximum atomic E-state index is 8.85. The van der Waals surface area contributed by atoms with E-state index < -0.39 is 0 Å². The van der Waals surface area contributed by atoms with E-state index in [-0.39, 0.29) is 0 Å². The third kappa shape index (κ3) is 1.64. The summed E-state index contributed by atoms with van der Waals surface area (Å²) in [7, 11) is 0.